The third kappa shape index (κ3) is 2.82. The van der Waals surface area contributed by atoms with Crippen molar-refractivity contribution in [2.24, 2.45) is 5.92 Å². The SMILES string of the molecule is CCCCN(C(=O)C1CNc2ccccc2C1)C1CC1. The first-order valence-corrected chi connectivity index (χ1v) is 7.92. The van der Waals surface area contributed by atoms with Gasteiger partial charge >= 0.3 is 0 Å². The summed E-state index contributed by atoms with van der Waals surface area (Å²) in [5, 5.41) is 3.42. The fraction of sp³-hybridized carbons (Fsp3) is 0.588. The van der Waals surface area contributed by atoms with Gasteiger partial charge in [0, 0.05) is 24.8 Å². The van der Waals surface area contributed by atoms with Crippen LogP contribution in [0, 0.1) is 5.92 Å². The maximum absolute atomic E-state index is 12.8. The average molecular weight is 272 g/mol. The van der Waals surface area contributed by atoms with E-state index in [0.29, 0.717) is 11.9 Å². The summed E-state index contributed by atoms with van der Waals surface area (Å²) >= 11 is 0. The number of amides is 1. The molecule has 1 saturated carbocycles. The molecule has 1 fully saturated rings. The van der Waals surface area contributed by atoms with Gasteiger partial charge in [-0.25, -0.2) is 0 Å². The van der Waals surface area contributed by atoms with Crippen LogP contribution in [0.2, 0.25) is 0 Å². The van der Waals surface area contributed by atoms with E-state index in [0.717, 1.165) is 32.4 Å². The van der Waals surface area contributed by atoms with Crippen molar-refractivity contribution in [1.29, 1.82) is 0 Å². The van der Waals surface area contributed by atoms with Gasteiger partial charge in [0.2, 0.25) is 5.91 Å². The van der Waals surface area contributed by atoms with E-state index in [9.17, 15) is 4.79 Å². The fourth-order valence-corrected chi connectivity index (χ4v) is 3.04. The summed E-state index contributed by atoms with van der Waals surface area (Å²) in [4.78, 5) is 14.9. The van der Waals surface area contributed by atoms with Crippen molar-refractivity contribution in [3.8, 4) is 0 Å². The first kappa shape index (κ1) is 13.5. The van der Waals surface area contributed by atoms with Crippen molar-refractivity contribution < 1.29 is 4.79 Å². The summed E-state index contributed by atoms with van der Waals surface area (Å²) in [5.74, 6) is 0.477. The molecule has 3 nitrogen and oxygen atoms in total. The van der Waals surface area contributed by atoms with Crippen molar-refractivity contribution in [2.75, 3.05) is 18.4 Å². The van der Waals surface area contributed by atoms with E-state index in [4.69, 9.17) is 0 Å². The molecule has 2 aliphatic rings. The molecule has 0 aromatic heterocycles. The van der Waals surface area contributed by atoms with Crippen molar-refractivity contribution in [3.05, 3.63) is 29.8 Å². The molecule has 1 N–H and O–H groups in total. The summed E-state index contributed by atoms with van der Waals surface area (Å²) in [6.07, 6.45) is 5.57. The zero-order valence-corrected chi connectivity index (χ0v) is 12.3. The molecule has 20 heavy (non-hydrogen) atoms. The second-order valence-electron chi connectivity index (χ2n) is 6.06. The number of hydrogen-bond acceptors (Lipinski definition) is 2. The summed E-state index contributed by atoms with van der Waals surface area (Å²) in [7, 11) is 0. The number of nitrogens with one attached hydrogen (secondary N) is 1. The lowest BCUT2D eigenvalue weighted by Gasteiger charge is -2.31. The van der Waals surface area contributed by atoms with E-state index >= 15 is 0 Å². The minimum absolute atomic E-state index is 0.113. The summed E-state index contributed by atoms with van der Waals surface area (Å²) in [6, 6.07) is 8.88. The number of fused-ring (bicyclic) bond motifs is 1. The molecule has 1 aliphatic heterocycles. The molecule has 1 aromatic carbocycles. The van der Waals surface area contributed by atoms with Crippen LogP contribution in [0.25, 0.3) is 0 Å². The summed E-state index contributed by atoms with van der Waals surface area (Å²) in [5.41, 5.74) is 2.48. The van der Waals surface area contributed by atoms with E-state index in [-0.39, 0.29) is 5.92 Å². The molecule has 108 valence electrons. The second-order valence-corrected chi connectivity index (χ2v) is 6.06. The lowest BCUT2D eigenvalue weighted by atomic mass is 9.92. The number of unbranched alkanes of at least 4 members (excludes halogenated alkanes) is 1. The Labute approximate surface area is 121 Å². The van der Waals surface area contributed by atoms with Crippen LogP contribution in [0.4, 0.5) is 5.69 Å². The van der Waals surface area contributed by atoms with Crippen LogP contribution in [0.15, 0.2) is 24.3 Å². The van der Waals surface area contributed by atoms with E-state index in [2.05, 4.69) is 35.3 Å². The van der Waals surface area contributed by atoms with E-state index < -0.39 is 0 Å². The second kappa shape index (κ2) is 5.86. The van der Waals surface area contributed by atoms with Crippen LogP contribution in [-0.4, -0.2) is 29.9 Å². The number of para-hydroxylation sites is 1. The molecule has 1 aromatic rings. The zero-order valence-electron chi connectivity index (χ0n) is 12.3. The number of rotatable bonds is 5. The number of carbonyl (C=O) groups excluding carboxylic acids is 1. The van der Waals surface area contributed by atoms with Crippen LogP contribution >= 0.6 is 0 Å². The third-order valence-electron chi connectivity index (χ3n) is 4.40. The molecule has 1 heterocycles. The minimum Gasteiger partial charge on any atom is -0.384 e. The molecule has 1 aliphatic carbocycles. The molecule has 0 saturated heterocycles. The van der Waals surface area contributed by atoms with Crippen molar-refractivity contribution in [2.45, 2.75) is 45.1 Å². The van der Waals surface area contributed by atoms with Crippen LogP contribution in [0.3, 0.4) is 0 Å². The largest absolute Gasteiger partial charge is 0.384 e. The van der Waals surface area contributed by atoms with Crippen molar-refractivity contribution in [3.63, 3.8) is 0 Å². The Balaban J connectivity index is 1.68. The number of hydrogen-bond donors (Lipinski definition) is 1. The summed E-state index contributed by atoms with van der Waals surface area (Å²) < 4.78 is 0. The Morgan fingerprint density at radius 2 is 2.15 bits per heavy atom. The number of carbonyl (C=O) groups is 1. The van der Waals surface area contributed by atoms with Gasteiger partial charge in [0.15, 0.2) is 0 Å². The monoisotopic (exact) mass is 272 g/mol. The highest BCUT2D eigenvalue weighted by Gasteiger charge is 2.36. The van der Waals surface area contributed by atoms with Gasteiger partial charge < -0.3 is 10.2 Å². The van der Waals surface area contributed by atoms with Crippen LogP contribution in [-0.2, 0) is 11.2 Å². The number of nitrogens with zero attached hydrogens (tertiary/aromatic N) is 1. The van der Waals surface area contributed by atoms with Gasteiger partial charge in [-0.3, -0.25) is 4.79 Å². The standard InChI is InChI=1S/C17H24N2O/c1-2-3-10-19(15-8-9-15)17(20)14-11-13-6-4-5-7-16(13)18-12-14/h4-7,14-15,18H,2-3,8-12H2,1H3. The first-order valence-electron chi connectivity index (χ1n) is 7.92. The number of benzene rings is 1. The molecule has 0 radical (unpaired) electrons. The predicted molar refractivity (Wildman–Crippen MR) is 81.8 cm³/mol. The maximum Gasteiger partial charge on any atom is 0.228 e. The Hall–Kier alpha value is -1.51. The highest BCUT2D eigenvalue weighted by atomic mass is 16.2. The Morgan fingerprint density at radius 1 is 1.35 bits per heavy atom. The lowest BCUT2D eigenvalue weighted by Crippen LogP contribution is -2.43. The van der Waals surface area contributed by atoms with Gasteiger partial charge in [-0.05, 0) is 37.3 Å². The van der Waals surface area contributed by atoms with E-state index in [1.807, 2.05) is 6.07 Å². The van der Waals surface area contributed by atoms with Gasteiger partial charge in [-0.1, -0.05) is 31.5 Å². The molecule has 3 heteroatoms. The Kier molecular flexibility index (Phi) is 3.95. The molecule has 1 amide bonds. The quantitative estimate of drug-likeness (QED) is 0.893. The average Bonchev–Trinajstić information content (AvgIpc) is 3.32. The van der Waals surface area contributed by atoms with E-state index in [1.165, 1.54) is 24.1 Å². The molecule has 1 unspecified atom stereocenters. The highest BCUT2D eigenvalue weighted by molar-refractivity contribution is 5.81. The normalized spacial score (nSPS) is 20.9. The topological polar surface area (TPSA) is 32.3 Å². The molecule has 0 bridgehead atoms. The molecule has 1 atom stereocenters. The smallest absolute Gasteiger partial charge is 0.228 e. The summed E-state index contributed by atoms with van der Waals surface area (Å²) in [6.45, 7) is 3.91. The van der Waals surface area contributed by atoms with Gasteiger partial charge in [0.25, 0.3) is 0 Å². The molecular weight excluding hydrogens is 248 g/mol. The van der Waals surface area contributed by atoms with Gasteiger partial charge in [-0.15, -0.1) is 0 Å². The molecule has 0 spiro atoms. The van der Waals surface area contributed by atoms with Gasteiger partial charge in [-0.2, -0.15) is 0 Å². The Bertz CT molecular complexity index is 482. The van der Waals surface area contributed by atoms with Crippen LogP contribution in [0.5, 0.6) is 0 Å². The van der Waals surface area contributed by atoms with Crippen molar-refractivity contribution in [1.82, 2.24) is 4.90 Å². The molecular formula is C17H24N2O. The predicted octanol–water partition coefficient (Wildman–Crippen LogP) is 3.06. The number of anilines is 1. The van der Waals surface area contributed by atoms with Crippen molar-refractivity contribution >= 4 is 11.6 Å². The van der Waals surface area contributed by atoms with Gasteiger partial charge in [0.05, 0.1) is 5.92 Å². The van der Waals surface area contributed by atoms with E-state index in [1.54, 1.807) is 0 Å². The Morgan fingerprint density at radius 3 is 2.90 bits per heavy atom. The van der Waals surface area contributed by atoms with Crippen LogP contribution in [0.1, 0.15) is 38.2 Å². The maximum atomic E-state index is 12.8. The van der Waals surface area contributed by atoms with Crippen LogP contribution < -0.4 is 5.32 Å². The van der Waals surface area contributed by atoms with Gasteiger partial charge in [0.1, 0.15) is 0 Å². The molecule has 3 rings (SSSR count). The third-order valence-corrected chi connectivity index (χ3v) is 4.40. The first-order chi connectivity index (χ1) is 9.79. The highest BCUT2D eigenvalue weighted by Crippen LogP contribution is 2.31. The fourth-order valence-electron chi connectivity index (χ4n) is 3.04. The zero-order chi connectivity index (χ0) is 13.9. The minimum atomic E-state index is 0.113. The lowest BCUT2D eigenvalue weighted by molar-refractivity contribution is -0.135.